The molecular weight excluding hydrogens is 369 g/mol. The number of ether oxygens (including phenoxy) is 1. The van der Waals surface area contributed by atoms with Gasteiger partial charge in [0.05, 0.1) is 12.7 Å². The van der Waals surface area contributed by atoms with Crippen LogP contribution in [0, 0.1) is 5.41 Å². The van der Waals surface area contributed by atoms with E-state index in [-0.39, 0.29) is 30.6 Å². The number of aliphatic imine (C=N–C) groups is 1. The van der Waals surface area contributed by atoms with Gasteiger partial charge in [0, 0.05) is 31.7 Å². The van der Waals surface area contributed by atoms with Crippen LogP contribution < -0.4 is 10.6 Å². The van der Waals surface area contributed by atoms with Crippen molar-refractivity contribution in [2.24, 2.45) is 10.4 Å². The van der Waals surface area contributed by atoms with E-state index in [0.29, 0.717) is 24.1 Å². The van der Waals surface area contributed by atoms with Crippen molar-refractivity contribution in [1.29, 1.82) is 0 Å². The molecule has 1 spiro atoms. The highest BCUT2D eigenvalue weighted by Gasteiger charge is 2.56. The molecule has 2 atom stereocenters. The normalized spacial score (nSPS) is 27.9. The predicted octanol–water partition coefficient (Wildman–Crippen LogP) is 1.50. The molecule has 2 aliphatic carbocycles. The Morgan fingerprint density at radius 1 is 1.40 bits per heavy atom. The predicted molar refractivity (Wildman–Crippen MR) is 91.7 cm³/mol. The van der Waals surface area contributed by atoms with Gasteiger partial charge in [-0.2, -0.15) is 0 Å². The Labute approximate surface area is 139 Å². The van der Waals surface area contributed by atoms with Crippen molar-refractivity contribution in [2.75, 3.05) is 26.8 Å². The molecule has 0 amide bonds. The minimum absolute atomic E-state index is 0. The first kappa shape index (κ1) is 18.0. The summed E-state index contributed by atoms with van der Waals surface area (Å²) in [5.74, 6) is 0.792. The molecule has 20 heavy (non-hydrogen) atoms. The molecule has 0 heterocycles. The second-order valence-corrected chi connectivity index (χ2v) is 5.54. The van der Waals surface area contributed by atoms with Crippen molar-refractivity contribution in [3.63, 3.8) is 0 Å². The monoisotopic (exact) mass is 397 g/mol. The standard InChI is InChI=1S/C14H27N3O2.HI/c1-3-19-12-10-11(14(12)6-4-5-7-14)17-13(15-2)16-8-9-18;/h11-12,18H,3-10H2,1-2H3,(H2,15,16,17);1H. The lowest BCUT2D eigenvalue weighted by molar-refractivity contribution is -0.125. The van der Waals surface area contributed by atoms with E-state index < -0.39 is 0 Å². The van der Waals surface area contributed by atoms with E-state index >= 15 is 0 Å². The highest BCUT2D eigenvalue weighted by Crippen LogP contribution is 2.54. The number of hydrogen-bond acceptors (Lipinski definition) is 3. The number of aliphatic hydroxyl groups is 1. The van der Waals surface area contributed by atoms with Gasteiger partial charge < -0.3 is 20.5 Å². The summed E-state index contributed by atoms with van der Waals surface area (Å²) in [6.45, 7) is 3.54. The van der Waals surface area contributed by atoms with Gasteiger partial charge in [-0.05, 0) is 26.2 Å². The summed E-state index contributed by atoms with van der Waals surface area (Å²) in [5, 5.41) is 15.5. The smallest absolute Gasteiger partial charge is 0.191 e. The fourth-order valence-corrected chi connectivity index (χ4v) is 3.62. The summed E-state index contributed by atoms with van der Waals surface area (Å²) in [6.07, 6.45) is 6.61. The third-order valence-corrected chi connectivity index (χ3v) is 4.63. The van der Waals surface area contributed by atoms with E-state index in [1.165, 1.54) is 25.7 Å². The molecule has 0 aliphatic heterocycles. The Kier molecular flexibility index (Phi) is 7.53. The molecule has 2 fully saturated rings. The lowest BCUT2D eigenvalue weighted by Crippen LogP contribution is -2.65. The fourth-order valence-electron chi connectivity index (χ4n) is 3.62. The summed E-state index contributed by atoms with van der Waals surface area (Å²) in [4.78, 5) is 4.22. The van der Waals surface area contributed by atoms with E-state index in [0.717, 1.165) is 19.0 Å². The van der Waals surface area contributed by atoms with Gasteiger partial charge in [0.25, 0.3) is 0 Å². The minimum atomic E-state index is 0. The Morgan fingerprint density at radius 3 is 2.65 bits per heavy atom. The highest BCUT2D eigenvalue weighted by atomic mass is 127. The summed E-state index contributed by atoms with van der Waals surface area (Å²) in [5.41, 5.74) is 0.312. The Hall–Kier alpha value is -0.0800. The number of halogens is 1. The van der Waals surface area contributed by atoms with E-state index in [9.17, 15) is 0 Å². The first-order valence-corrected chi connectivity index (χ1v) is 7.46. The maximum atomic E-state index is 8.87. The molecule has 0 aromatic rings. The molecule has 2 unspecified atom stereocenters. The van der Waals surface area contributed by atoms with E-state index in [4.69, 9.17) is 9.84 Å². The number of guanidine groups is 1. The fraction of sp³-hybridized carbons (Fsp3) is 0.929. The van der Waals surface area contributed by atoms with Gasteiger partial charge in [0.2, 0.25) is 0 Å². The molecule has 2 rings (SSSR count). The maximum Gasteiger partial charge on any atom is 0.191 e. The Balaban J connectivity index is 0.00000200. The van der Waals surface area contributed by atoms with Crippen LogP contribution in [0.3, 0.4) is 0 Å². The van der Waals surface area contributed by atoms with Crippen molar-refractivity contribution < 1.29 is 9.84 Å². The van der Waals surface area contributed by atoms with Gasteiger partial charge in [0.1, 0.15) is 0 Å². The first-order valence-electron chi connectivity index (χ1n) is 7.46. The lowest BCUT2D eigenvalue weighted by atomic mass is 9.60. The number of nitrogens with one attached hydrogen (secondary N) is 2. The molecule has 2 saturated carbocycles. The highest BCUT2D eigenvalue weighted by molar-refractivity contribution is 14.0. The van der Waals surface area contributed by atoms with Crippen LogP contribution in [0.4, 0.5) is 0 Å². The molecule has 0 bridgehead atoms. The van der Waals surface area contributed by atoms with Crippen LogP contribution in [-0.4, -0.2) is 50.0 Å². The third-order valence-electron chi connectivity index (χ3n) is 4.63. The second-order valence-electron chi connectivity index (χ2n) is 5.54. The molecule has 0 saturated heterocycles. The van der Waals surface area contributed by atoms with Gasteiger partial charge in [0.15, 0.2) is 5.96 Å². The van der Waals surface area contributed by atoms with E-state index in [2.05, 4.69) is 22.5 Å². The van der Waals surface area contributed by atoms with Gasteiger partial charge in [-0.3, -0.25) is 4.99 Å². The maximum absolute atomic E-state index is 8.87. The second kappa shape index (κ2) is 8.38. The SMILES string of the molecule is CCOC1CC(NC(=NC)NCCO)C12CCCC2.I. The van der Waals surface area contributed by atoms with Gasteiger partial charge >= 0.3 is 0 Å². The summed E-state index contributed by atoms with van der Waals surface area (Å²) in [6, 6.07) is 0.455. The molecule has 6 heteroatoms. The number of hydrogen-bond donors (Lipinski definition) is 3. The Morgan fingerprint density at radius 2 is 2.10 bits per heavy atom. The van der Waals surface area contributed by atoms with Crippen LogP contribution in [0.1, 0.15) is 39.0 Å². The quantitative estimate of drug-likeness (QED) is 0.374. The lowest BCUT2D eigenvalue weighted by Gasteiger charge is -2.54. The van der Waals surface area contributed by atoms with Gasteiger partial charge in [-0.25, -0.2) is 0 Å². The van der Waals surface area contributed by atoms with Crippen LogP contribution in [0.5, 0.6) is 0 Å². The average Bonchev–Trinajstić information content (AvgIpc) is 2.93. The molecule has 5 nitrogen and oxygen atoms in total. The van der Waals surface area contributed by atoms with E-state index in [1.54, 1.807) is 7.05 Å². The van der Waals surface area contributed by atoms with Crippen LogP contribution >= 0.6 is 24.0 Å². The zero-order valence-corrected chi connectivity index (χ0v) is 14.9. The van der Waals surface area contributed by atoms with Crippen LogP contribution in [0.2, 0.25) is 0 Å². The molecule has 3 N–H and O–H groups in total. The molecule has 0 radical (unpaired) electrons. The zero-order valence-electron chi connectivity index (χ0n) is 12.5. The summed E-state index contributed by atoms with van der Waals surface area (Å²) < 4.78 is 5.90. The third kappa shape index (κ3) is 3.57. The summed E-state index contributed by atoms with van der Waals surface area (Å²) >= 11 is 0. The molecular formula is C14H28IN3O2. The first-order chi connectivity index (χ1) is 9.26. The topological polar surface area (TPSA) is 65.9 Å². The number of nitrogens with zero attached hydrogens (tertiary/aromatic N) is 1. The van der Waals surface area contributed by atoms with Crippen LogP contribution in [-0.2, 0) is 4.74 Å². The van der Waals surface area contributed by atoms with Crippen LogP contribution in [0.15, 0.2) is 4.99 Å². The van der Waals surface area contributed by atoms with Crippen molar-refractivity contribution in [2.45, 2.75) is 51.2 Å². The number of aliphatic hydroxyl groups excluding tert-OH is 1. The van der Waals surface area contributed by atoms with Crippen molar-refractivity contribution in [1.82, 2.24) is 10.6 Å². The van der Waals surface area contributed by atoms with Crippen molar-refractivity contribution in [3.8, 4) is 0 Å². The molecule has 0 aromatic carbocycles. The summed E-state index contributed by atoms with van der Waals surface area (Å²) in [7, 11) is 1.77. The van der Waals surface area contributed by atoms with Crippen molar-refractivity contribution in [3.05, 3.63) is 0 Å². The average molecular weight is 397 g/mol. The largest absolute Gasteiger partial charge is 0.395 e. The molecule has 0 aromatic heterocycles. The van der Waals surface area contributed by atoms with Gasteiger partial charge in [-0.1, -0.05) is 12.8 Å². The van der Waals surface area contributed by atoms with Crippen molar-refractivity contribution >= 4 is 29.9 Å². The minimum Gasteiger partial charge on any atom is -0.395 e. The number of rotatable bonds is 5. The van der Waals surface area contributed by atoms with Crippen LogP contribution in [0.25, 0.3) is 0 Å². The zero-order chi connectivity index (χ0) is 13.7. The van der Waals surface area contributed by atoms with Gasteiger partial charge in [-0.15, -0.1) is 24.0 Å². The Bertz CT molecular complexity index is 320. The molecule has 118 valence electrons. The van der Waals surface area contributed by atoms with E-state index in [1.807, 2.05) is 0 Å². The molecule has 2 aliphatic rings.